The lowest BCUT2D eigenvalue weighted by Gasteiger charge is -2.29. The minimum Gasteiger partial charge on any atom is -0.497 e. The Balaban J connectivity index is 2.11. The molecule has 1 unspecified atom stereocenters. The van der Waals surface area contributed by atoms with Crippen molar-refractivity contribution in [3.05, 3.63) is 79.4 Å². The summed E-state index contributed by atoms with van der Waals surface area (Å²) in [6.07, 6.45) is 0.313. The molecule has 0 aliphatic heterocycles. The fourth-order valence-corrected chi connectivity index (χ4v) is 3.19. The van der Waals surface area contributed by atoms with Crippen LogP contribution in [-0.4, -0.2) is 22.7 Å². The summed E-state index contributed by atoms with van der Waals surface area (Å²) in [4.78, 5) is 34.4. The number of carbonyl (C=O) groups excluding carboxylic acids is 1. The number of methoxy groups -OCH3 is 1. The highest BCUT2D eigenvalue weighted by atomic mass is 16.6. The lowest BCUT2D eigenvalue weighted by atomic mass is 9.73. The first kappa shape index (κ1) is 16.6. The first-order valence-electron chi connectivity index (χ1n) is 7.51. The molecular formula is C17H14N2O6. The second-order valence-corrected chi connectivity index (χ2v) is 5.77. The minimum absolute atomic E-state index is 0.0171. The van der Waals surface area contributed by atoms with Crippen molar-refractivity contribution in [2.75, 3.05) is 7.11 Å². The maximum Gasteiger partial charge on any atom is 0.308 e. The molecule has 0 spiro atoms. The zero-order valence-corrected chi connectivity index (χ0v) is 13.3. The number of rotatable bonds is 4. The molecule has 0 fully saturated rings. The van der Waals surface area contributed by atoms with Gasteiger partial charge in [-0.15, -0.1) is 0 Å². The number of Topliss-reactive ketones (excluding diaryl/α,β-unsaturated/α-hetero) is 1. The highest BCUT2D eigenvalue weighted by Gasteiger charge is 2.55. The predicted molar refractivity (Wildman–Crippen MR) is 87.4 cm³/mol. The molecule has 1 atom stereocenters. The van der Waals surface area contributed by atoms with Crippen molar-refractivity contribution in [2.45, 2.75) is 18.4 Å². The van der Waals surface area contributed by atoms with Crippen LogP contribution in [0.4, 0.5) is 5.69 Å². The monoisotopic (exact) mass is 342 g/mol. The Bertz CT molecular complexity index is 877. The van der Waals surface area contributed by atoms with Gasteiger partial charge in [0.1, 0.15) is 5.75 Å². The van der Waals surface area contributed by atoms with E-state index in [1.165, 1.54) is 37.4 Å². The average molecular weight is 342 g/mol. The van der Waals surface area contributed by atoms with Gasteiger partial charge >= 0.3 is 5.54 Å². The summed E-state index contributed by atoms with van der Waals surface area (Å²) in [5.41, 5.74) is -0.993. The molecule has 128 valence electrons. The molecule has 0 saturated carbocycles. The third-order valence-corrected chi connectivity index (χ3v) is 4.56. The van der Waals surface area contributed by atoms with Crippen LogP contribution in [0.5, 0.6) is 5.75 Å². The van der Waals surface area contributed by atoms with E-state index >= 15 is 0 Å². The molecule has 0 bridgehead atoms. The van der Waals surface area contributed by atoms with Gasteiger partial charge in [0, 0.05) is 34.6 Å². The summed E-state index contributed by atoms with van der Waals surface area (Å²) >= 11 is 0. The van der Waals surface area contributed by atoms with Crippen LogP contribution in [0.3, 0.4) is 0 Å². The molecule has 2 aromatic carbocycles. The van der Waals surface area contributed by atoms with Crippen LogP contribution in [0.15, 0.2) is 42.5 Å². The average Bonchev–Trinajstić information content (AvgIpc) is 2.61. The van der Waals surface area contributed by atoms with Crippen LogP contribution in [0.2, 0.25) is 0 Å². The molecule has 0 aromatic heterocycles. The van der Waals surface area contributed by atoms with Crippen molar-refractivity contribution in [3.8, 4) is 5.75 Å². The molecule has 8 nitrogen and oxygen atoms in total. The summed E-state index contributed by atoms with van der Waals surface area (Å²) in [5.74, 6) is -0.0363. The number of nitro benzene ring substituents is 1. The second-order valence-electron chi connectivity index (χ2n) is 5.77. The number of nitro groups is 2. The van der Waals surface area contributed by atoms with Crippen molar-refractivity contribution < 1.29 is 19.4 Å². The highest BCUT2D eigenvalue weighted by molar-refractivity contribution is 6.05. The normalized spacial score (nSPS) is 19.2. The lowest BCUT2D eigenvalue weighted by Crippen LogP contribution is -2.46. The number of non-ortho nitro benzene ring substituents is 1. The van der Waals surface area contributed by atoms with Crippen LogP contribution in [0.1, 0.15) is 27.9 Å². The van der Waals surface area contributed by atoms with Crippen LogP contribution < -0.4 is 4.74 Å². The first-order valence-corrected chi connectivity index (χ1v) is 7.51. The van der Waals surface area contributed by atoms with Gasteiger partial charge in [-0.3, -0.25) is 25.0 Å². The number of aryl methyl sites for hydroxylation is 1. The van der Waals surface area contributed by atoms with Gasteiger partial charge in [-0.25, -0.2) is 0 Å². The van der Waals surface area contributed by atoms with E-state index in [-0.39, 0.29) is 23.2 Å². The first-order chi connectivity index (χ1) is 11.9. The van der Waals surface area contributed by atoms with Crippen LogP contribution in [0, 0.1) is 20.2 Å². The number of nitrogens with zero attached hydrogens (tertiary/aromatic N) is 2. The summed E-state index contributed by atoms with van der Waals surface area (Å²) in [6, 6.07) is 9.74. The fraction of sp³-hybridized carbons (Fsp3) is 0.235. The van der Waals surface area contributed by atoms with Gasteiger partial charge in [0.05, 0.1) is 12.0 Å². The molecule has 2 aromatic rings. The maximum absolute atomic E-state index is 13.0. The summed E-state index contributed by atoms with van der Waals surface area (Å²) in [6.45, 7) is 0. The maximum atomic E-state index is 13.0. The molecule has 1 aliphatic carbocycles. The molecule has 3 rings (SSSR count). The van der Waals surface area contributed by atoms with Crippen molar-refractivity contribution in [1.82, 2.24) is 0 Å². The van der Waals surface area contributed by atoms with Crippen LogP contribution in [0.25, 0.3) is 0 Å². The van der Waals surface area contributed by atoms with Gasteiger partial charge < -0.3 is 4.74 Å². The second kappa shape index (κ2) is 5.97. The predicted octanol–water partition coefficient (Wildman–Crippen LogP) is 2.90. The summed E-state index contributed by atoms with van der Waals surface area (Å²) in [5, 5.41) is 22.6. The Morgan fingerprint density at radius 2 is 1.76 bits per heavy atom. The Kier molecular flexibility index (Phi) is 3.96. The molecule has 0 heterocycles. The molecule has 1 aliphatic rings. The highest BCUT2D eigenvalue weighted by Crippen LogP contribution is 2.40. The summed E-state index contributed by atoms with van der Waals surface area (Å²) in [7, 11) is 1.50. The quantitative estimate of drug-likeness (QED) is 0.623. The van der Waals surface area contributed by atoms with Crippen molar-refractivity contribution in [1.29, 1.82) is 0 Å². The number of hydrogen-bond donors (Lipinski definition) is 0. The molecule has 0 N–H and O–H groups in total. The van der Waals surface area contributed by atoms with E-state index in [4.69, 9.17) is 4.74 Å². The number of ether oxygens (including phenoxy) is 1. The van der Waals surface area contributed by atoms with E-state index in [9.17, 15) is 25.0 Å². The minimum atomic E-state index is -1.93. The number of hydrogen-bond acceptors (Lipinski definition) is 6. The van der Waals surface area contributed by atoms with Crippen LogP contribution >= 0.6 is 0 Å². The molecule has 0 saturated heterocycles. The van der Waals surface area contributed by atoms with E-state index in [0.717, 1.165) is 0 Å². The standard InChI is InChI=1S/C17H14N2O6/c1-25-14-6-7-15-11(10-14)8-9-17(16(15)20,19(23)24)12-2-4-13(5-3-12)18(21)22/h2-7,10H,8-9H2,1H3. The Hall–Kier alpha value is -3.29. The van der Waals surface area contributed by atoms with Gasteiger partial charge in [-0.2, -0.15) is 0 Å². The van der Waals surface area contributed by atoms with Crippen molar-refractivity contribution >= 4 is 11.5 Å². The van der Waals surface area contributed by atoms with E-state index in [0.29, 0.717) is 17.7 Å². The van der Waals surface area contributed by atoms with Crippen molar-refractivity contribution in [3.63, 3.8) is 0 Å². The lowest BCUT2D eigenvalue weighted by molar-refractivity contribution is -0.560. The number of carbonyl (C=O) groups is 1. The smallest absolute Gasteiger partial charge is 0.308 e. The molecule has 25 heavy (non-hydrogen) atoms. The van der Waals surface area contributed by atoms with E-state index in [2.05, 4.69) is 0 Å². The topological polar surface area (TPSA) is 113 Å². The molecular weight excluding hydrogens is 328 g/mol. The number of fused-ring (bicyclic) bond motifs is 1. The van der Waals surface area contributed by atoms with Gasteiger partial charge in [-0.1, -0.05) is 0 Å². The van der Waals surface area contributed by atoms with E-state index in [1.807, 2.05) is 0 Å². The summed E-state index contributed by atoms with van der Waals surface area (Å²) < 4.78 is 5.13. The van der Waals surface area contributed by atoms with Gasteiger partial charge in [0.25, 0.3) is 5.69 Å². The van der Waals surface area contributed by atoms with Crippen molar-refractivity contribution in [2.24, 2.45) is 0 Å². The SMILES string of the molecule is COc1ccc2c(c1)CCC(c1ccc([N+](=O)[O-])cc1)([N+](=O)[O-])C2=O. The zero-order chi connectivity index (χ0) is 18.2. The molecule has 8 heteroatoms. The number of ketones is 1. The third kappa shape index (κ3) is 2.51. The molecule has 0 radical (unpaired) electrons. The Labute approximate surface area is 142 Å². The Morgan fingerprint density at radius 1 is 1.08 bits per heavy atom. The third-order valence-electron chi connectivity index (χ3n) is 4.56. The molecule has 0 amide bonds. The van der Waals surface area contributed by atoms with E-state index in [1.54, 1.807) is 12.1 Å². The number of benzene rings is 2. The van der Waals surface area contributed by atoms with E-state index < -0.39 is 21.2 Å². The van der Waals surface area contributed by atoms with Gasteiger partial charge in [0.15, 0.2) is 0 Å². The van der Waals surface area contributed by atoms with Crippen LogP contribution in [-0.2, 0) is 12.0 Å². The van der Waals surface area contributed by atoms with Gasteiger partial charge in [0.2, 0.25) is 5.78 Å². The largest absolute Gasteiger partial charge is 0.497 e. The fourth-order valence-electron chi connectivity index (χ4n) is 3.19. The Morgan fingerprint density at radius 3 is 2.32 bits per heavy atom. The zero-order valence-electron chi connectivity index (χ0n) is 13.3. The van der Waals surface area contributed by atoms with Gasteiger partial charge in [-0.05, 0) is 42.3 Å².